The Morgan fingerprint density at radius 3 is 3.17 bits per heavy atom. The molecule has 1 N–H and O–H groups in total. The van der Waals surface area contributed by atoms with Gasteiger partial charge in [0.25, 0.3) is 0 Å². The standard InChI is InChI=1S/C8H6ClNO2/c9-5-2-1-3-6-8(5)10-4-7(11)12-6/h1-3,10H,4H2. The predicted octanol–water partition coefficient (Wildman–Crippen LogP) is 1.67. The molecule has 12 heavy (non-hydrogen) atoms. The highest BCUT2D eigenvalue weighted by molar-refractivity contribution is 6.33. The van der Waals surface area contributed by atoms with Crippen LogP contribution in [0, 0.1) is 0 Å². The highest BCUT2D eigenvalue weighted by atomic mass is 35.5. The summed E-state index contributed by atoms with van der Waals surface area (Å²) >= 11 is 5.84. The summed E-state index contributed by atoms with van der Waals surface area (Å²) in [7, 11) is 0. The SMILES string of the molecule is O=C1CNc2c(Cl)cccc2O1. The number of nitrogens with one attached hydrogen (secondary N) is 1. The first-order chi connectivity index (χ1) is 5.77. The zero-order valence-corrected chi connectivity index (χ0v) is 6.89. The van der Waals surface area contributed by atoms with Crippen LogP contribution in [0.4, 0.5) is 5.69 Å². The lowest BCUT2D eigenvalue weighted by atomic mass is 10.2. The molecule has 0 aromatic heterocycles. The Kier molecular flexibility index (Phi) is 1.66. The molecule has 0 unspecified atom stereocenters. The minimum Gasteiger partial charge on any atom is -0.423 e. The van der Waals surface area contributed by atoms with Crippen molar-refractivity contribution in [2.75, 3.05) is 11.9 Å². The molecule has 0 spiro atoms. The second-order valence-electron chi connectivity index (χ2n) is 2.44. The molecule has 1 aromatic rings. The van der Waals surface area contributed by atoms with Crippen molar-refractivity contribution in [1.82, 2.24) is 0 Å². The molecule has 0 radical (unpaired) electrons. The van der Waals surface area contributed by atoms with E-state index in [0.717, 1.165) is 0 Å². The summed E-state index contributed by atoms with van der Waals surface area (Å²) in [4.78, 5) is 10.8. The van der Waals surface area contributed by atoms with E-state index in [4.69, 9.17) is 16.3 Å². The third-order valence-electron chi connectivity index (χ3n) is 1.61. The van der Waals surface area contributed by atoms with Crippen molar-refractivity contribution in [1.29, 1.82) is 0 Å². The number of carbonyl (C=O) groups excluding carboxylic acids is 1. The molecule has 0 atom stereocenters. The summed E-state index contributed by atoms with van der Waals surface area (Å²) in [5.74, 6) is 0.212. The molecule has 4 heteroatoms. The van der Waals surface area contributed by atoms with E-state index in [2.05, 4.69) is 5.32 Å². The first-order valence-electron chi connectivity index (χ1n) is 3.50. The van der Waals surface area contributed by atoms with Gasteiger partial charge in [0.15, 0.2) is 5.75 Å². The highest BCUT2D eigenvalue weighted by Crippen LogP contribution is 2.33. The topological polar surface area (TPSA) is 38.3 Å². The van der Waals surface area contributed by atoms with Gasteiger partial charge in [-0.05, 0) is 12.1 Å². The van der Waals surface area contributed by atoms with E-state index < -0.39 is 0 Å². The van der Waals surface area contributed by atoms with Gasteiger partial charge >= 0.3 is 5.97 Å². The molecule has 0 aliphatic carbocycles. The van der Waals surface area contributed by atoms with Crippen molar-refractivity contribution in [3.8, 4) is 5.75 Å². The summed E-state index contributed by atoms with van der Waals surface area (Å²) in [6, 6.07) is 5.18. The van der Waals surface area contributed by atoms with E-state index >= 15 is 0 Å². The normalized spacial score (nSPS) is 14.6. The Hall–Kier alpha value is -1.22. The Bertz CT molecular complexity index is 338. The van der Waals surface area contributed by atoms with Gasteiger partial charge in [-0.1, -0.05) is 17.7 Å². The van der Waals surface area contributed by atoms with Crippen LogP contribution < -0.4 is 10.1 Å². The van der Waals surface area contributed by atoms with Crippen LogP contribution in [0.2, 0.25) is 5.02 Å². The molecule has 2 rings (SSSR count). The van der Waals surface area contributed by atoms with Crippen molar-refractivity contribution in [3.05, 3.63) is 23.2 Å². The fraction of sp³-hybridized carbons (Fsp3) is 0.125. The number of esters is 1. The Morgan fingerprint density at radius 2 is 2.33 bits per heavy atom. The van der Waals surface area contributed by atoms with E-state index in [0.29, 0.717) is 16.5 Å². The number of hydrogen-bond donors (Lipinski definition) is 1. The number of rotatable bonds is 0. The van der Waals surface area contributed by atoms with Gasteiger partial charge in [0, 0.05) is 0 Å². The van der Waals surface area contributed by atoms with E-state index in [-0.39, 0.29) is 12.5 Å². The Balaban J connectivity index is 2.48. The fourth-order valence-corrected chi connectivity index (χ4v) is 1.31. The third kappa shape index (κ3) is 1.12. The Labute approximate surface area is 74.3 Å². The van der Waals surface area contributed by atoms with Crippen LogP contribution in [-0.2, 0) is 4.79 Å². The Morgan fingerprint density at radius 1 is 1.50 bits per heavy atom. The largest absolute Gasteiger partial charge is 0.423 e. The summed E-state index contributed by atoms with van der Waals surface area (Å²) < 4.78 is 4.93. The minimum atomic E-state index is -0.287. The van der Waals surface area contributed by atoms with Gasteiger partial charge < -0.3 is 10.1 Å². The van der Waals surface area contributed by atoms with Crippen LogP contribution in [-0.4, -0.2) is 12.5 Å². The van der Waals surface area contributed by atoms with E-state index in [9.17, 15) is 4.79 Å². The van der Waals surface area contributed by atoms with E-state index in [1.54, 1.807) is 18.2 Å². The molecule has 3 nitrogen and oxygen atoms in total. The number of anilines is 1. The van der Waals surface area contributed by atoms with Crippen LogP contribution in [0.3, 0.4) is 0 Å². The molecule has 0 amide bonds. The van der Waals surface area contributed by atoms with Gasteiger partial charge in [-0.3, -0.25) is 0 Å². The molecule has 0 saturated carbocycles. The zero-order valence-electron chi connectivity index (χ0n) is 6.13. The quantitative estimate of drug-likeness (QED) is 0.491. The van der Waals surface area contributed by atoms with Crippen LogP contribution >= 0.6 is 11.6 Å². The molecule has 1 aliphatic rings. The van der Waals surface area contributed by atoms with Crippen molar-refractivity contribution >= 4 is 23.3 Å². The van der Waals surface area contributed by atoms with Crippen molar-refractivity contribution in [2.24, 2.45) is 0 Å². The smallest absolute Gasteiger partial charge is 0.330 e. The summed E-state index contributed by atoms with van der Waals surface area (Å²) in [5.41, 5.74) is 0.693. The first-order valence-corrected chi connectivity index (χ1v) is 3.88. The van der Waals surface area contributed by atoms with Crippen molar-refractivity contribution in [3.63, 3.8) is 0 Å². The van der Waals surface area contributed by atoms with Gasteiger partial charge in [-0.25, -0.2) is 4.79 Å². The molecule has 1 aromatic carbocycles. The average molecular weight is 184 g/mol. The summed E-state index contributed by atoms with van der Waals surface area (Å²) in [6.07, 6.45) is 0. The zero-order chi connectivity index (χ0) is 8.55. The van der Waals surface area contributed by atoms with Crippen LogP contribution in [0.1, 0.15) is 0 Å². The second-order valence-corrected chi connectivity index (χ2v) is 2.85. The summed E-state index contributed by atoms with van der Waals surface area (Å²) in [5, 5.41) is 3.44. The third-order valence-corrected chi connectivity index (χ3v) is 1.92. The lowest BCUT2D eigenvalue weighted by Crippen LogP contribution is -2.24. The fourth-order valence-electron chi connectivity index (χ4n) is 1.08. The monoisotopic (exact) mass is 183 g/mol. The molecular formula is C8H6ClNO2. The first kappa shape index (κ1) is 7.43. The van der Waals surface area contributed by atoms with Crippen LogP contribution in [0.5, 0.6) is 5.75 Å². The maximum absolute atomic E-state index is 10.8. The van der Waals surface area contributed by atoms with Gasteiger partial charge in [-0.15, -0.1) is 0 Å². The van der Waals surface area contributed by atoms with Gasteiger partial charge in [-0.2, -0.15) is 0 Å². The summed E-state index contributed by atoms with van der Waals surface area (Å²) in [6.45, 7) is 0.177. The molecule has 62 valence electrons. The van der Waals surface area contributed by atoms with Crippen molar-refractivity contribution < 1.29 is 9.53 Å². The lowest BCUT2D eigenvalue weighted by molar-refractivity contribution is -0.132. The minimum absolute atomic E-state index is 0.177. The molecular weight excluding hydrogens is 178 g/mol. The highest BCUT2D eigenvalue weighted by Gasteiger charge is 2.17. The van der Waals surface area contributed by atoms with Gasteiger partial charge in [0.1, 0.15) is 6.54 Å². The average Bonchev–Trinajstić information content (AvgIpc) is 2.04. The number of halogens is 1. The number of hydrogen-bond acceptors (Lipinski definition) is 3. The predicted molar refractivity (Wildman–Crippen MR) is 45.6 cm³/mol. The van der Waals surface area contributed by atoms with Gasteiger partial charge in [0.05, 0.1) is 10.7 Å². The molecule has 1 aliphatic heterocycles. The maximum Gasteiger partial charge on any atom is 0.330 e. The molecule has 0 saturated heterocycles. The van der Waals surface area contributed by atoms with Crippen molar-refractivity contribution in [2.45, 2.75) is 0 Å². The second kappa shape index (κ2) is 2.68. The maximum atomic E-state index is 10.8. The lowest BCUT2D eigenvalue weighted by Gasteiger charge is -2.17. The number of benzene rings is 1. The van der Waals surface area contributed by atoms with E-state index in [1.807, 2.05) is 0 Å². The number of para-hydroxylation sites is 1. The van der Waals surface area contributed by atoms with Crippen LogP contribution in [0.15, 0.2) is 18.2 Å². The van der Waals surface area contributed by atoms with Crippen LogP contribution in [0.25, 0.3) is 0 Å². The number of carbonyl (C=O) groups is 1. The number of fused-ring (bicyclic) bond motifs is 1. The molecule has 1 heterocycles. The van der Waals surface area contributed by atoms with E-state index in [1.165, 1.54) is 0 Å². The number of ether oxygens (including phenoxy) is 1. The molecule has 0 bridgehead atoms. The molecule has 0 fully saturated rings. The van der Waals surface area contributed by atoms with Gasteiger partial charge in [0.2, 0.25) is 0 Å².